The summed E-state index contributed by atoms with van der Waals surface area (Å²) in [6, 6.07) is 7.50. The first-order chi connectivity index (χ1) is 9.08. The minimum Gasteiger partial charge on any atom is -0.309 e. The molecule has 0 bridgehead atoms. The van der Waals surface area contributed by atoms with Gasteiger partial charge in [0.05, 0.1) is 4.90 Å². The van der Waals surface area contributed by atoms with E-state index in [4.69, 9.17) is 0 Å². The van der Waals surface area contributed by atoms with Gasteiger partial charge in [0.2, 0.25) is 0 Å². The molecule has 0 aliphatic carbocycles. The molecule has 20 heavy (non-hydrogen) atoms. The van der Waals surface area contributed by atoms with Gasteiger partial charge in [-0.1, -0.05) is 32.9 Å². The molecule has 1 N–H and O–H groups in total. The van der Waals surface area contributed by atoms with Crippen LogP contribution in [0.25, 0.3) is 0 Å². The monoisotopic (exact) mass is 315 g/mol. The standard InChI is InChI=1S/C15H25NO2S2/c1-12(11-19-15(2,3)4)16-10-13-6-8-14(9-7-13)20(5,17)18/h6-9,12,16H,10-11H2,1-5H3/t12-/m0/s1. The van der Waals surface area contributed by atoms with E-state index in [2.05, 4.69) is 33.0 Å². The number of thioether (sulfide) groups is 1. The number of sulfone groups is 1. The van der Waals surface area contributed by atoms with E-state index in [0.717, 1.165) is 17.9 Å². The van der Waals surface area contributed by atoms with Gasteiger partial charge in [-0.05, 0) is 24.6 Å². The van der Waals surface area contributed by atoms with Gasteiger partial charge in [0.25, 0.3) is 0 Å². The summed E-state index contributed by atoms with van der Waals surface area (Å²) in [6.07, 6.45) is 1.23. The second-order valence-corrected chi connectivity index (χ2v) is 9.98. The third-order valence-corrected chi connectivity index (χ3v) is 5.43. The maximum atomic E-state index is 11.4. The molecule has 1 aromatic carbocycles. The maximum absolute atomic E-state index is 11.4. The molecule has 0 fully saturated rings. The van der Waals surface area contributed by atoms with Gasteiger partial charge in [0, 0.05) is 29.3 Å². The molecule has 114 valence electrons. The molecule has 0 saturated heterocycles. The van der Waals surface area contributed by atoms with Gasteiger partial charge in [-0.15, -0.1) is 0 Å². The molecule has 3 nitrogen and oxygen atoms in total. The fourth-order valence-electron chi connectivity index (χ4n) is 1.58. The summed E-state index contributed by atoms with van der Waals surface area (Å²) >= 11 is 1.94. The van der Waals surface area contributed by atoms with Crippen LogP contribution >= 0.6 is 11.8 Å². The van der Waals surface area contributed by atoms with E-state index in [1.165, 1.54) is 6.26 Å². The summed E-state index contributed by atoms with van der Waals surface area (Å²) in [4.78, 5) is 0.373. The zero-order valence-corrected chi connectivity index (χ0v) is 14.6. The second-order valence-electron chi connectivity index (χ2n) is 6.12. The summed E-state index contributed by atoms with van der Waals surface area (Å²) in [5.41, 5.74) is 1.10. The van der Waals surface area contributed by atoms with Crippen molar-refractivity contribution in [1.29, 1.82) is 0 Å². The maximum Gasteiger partial charge on any atom is 0.175 e. The molecular formula is C15H25NO2S2. The van der Waals surface area contributed by atoms with Crippen molar-refractivity contribution in [2.45, 2.75) is 49.9 Å². The van der Waals surface area contributed by atoms with Gasteiger partial charge >= 0.3 is 0 Å². The average Bonchev–Trinajstić information content (AvgIpc) is 2.32. The predicted octanol–water partition coefficient (Wildman–Crippen LogP) is 3.10. The number of hydrogen-bond acceptors (Lipinski definition) is 4. The van der Waals surface area contributed by atoms with Gasteiger partial charge in [-0.3, -0.25) is 0 Å². The minimum absolute atomic E-state index is 0.285. The predicted molar refractivity (Wildman–Crippen MR) is 88.1 cm³/mol. The molecule has 1 atom stereocenters. The zero-order chi connectivity index (χ0) is 15.4. The van der Waals surface area contributed by atoms with Gasteiger partial charge in [0.15, 0.2) is 9.84 Å². The van der Waals surface area contributed by atoms with Crippen molar-refractivity contribution in [2.75, 3.05) is 12.0 Å². The first-order valence-corrected chi connectivity index (χ1v) is 9.62. The van der Waals surface area contributed by atoms with Crippen molar-refractivity contribution in [3.8, 4) is 0 Å². The van der Waals surface area contributed by atoms with Crippen LogP contribution in [0.3, 0.4) is 0 Å². The molecule has 1 aromatic rings. The van der Waals surface area contributed by atoms with Crippen LogP contribution in [0.4, 0.5) is 0 Å². The van der Waals surface area contributed by atoms with Crippen molar-refractivity contribution in [3.63, 3.8) is 0 Å². The largest absolute Gasteiger partial charge is 0.309 e. The van der Waals surface area contributed by atoms with Crippen molar-refractivity contribution in [2.24, 2.45) is 0 Å². The Morgan fingerprint density at radius 2 is 1.75 bits per heavy atom. The van der Waals surface area contributed by atoms with Gasteiger partial charge in [0.1, 0.15) is 0 Å². The fourth-order valence-corrected chi connectivity index (χ4v) is 3.08. The number of hydrogen-bond donors (Lipinski definition) is 1. The first kappa shape index (κ1) is 17.5. The number of rotatable bonds is 6. The highest BCUT2D eigenvalue weighted by Crippen LogP contribution is 2.23. The third-order valence-electron chi connectivity index (χ3n) is 2.77. The van der Waals surface area contributed by atoms with Crippen molar-refractivity contribution in [1.82, 2.24) is 5.32 Å². The zero-order valence-electron chi connectivity index (χ0n) is 12.9. The number of nitrogens with one attached hydrogen (secondary N) is 1. The molecule has 0 aliphatic heterocycles. The van der Waals surface area contributed by atoms with Crippen molar-refractivity contribution < 1.29 is 8.42 Å². The summed E-state index contributed by atoms with van der Waals surface area (Å²) in [5, 5.41) is 3.46. The number of benzene rings is 1. The fraction of sp³-hybridized carbons (Fsp3) is 0.600. The van der Waals surface area contributed by atoms with Gasteiger partial charge in [-0.25, -0.2) is 8.42 Å². The lowest BCUT2D eigenvalue weighted by molar-refractivity contribution is 0.592. The van der Waals surface area contributed by atoms with Crippen LogP contribution in [0, 0.1) is 0 Å². The van der Waals surface area contributed by atoms with E-state index < -0.39 is 9.84 Å². The second kappa shape index (κ2) is 6.96. The van der Waals surface area contributed by atoms with Crippen molar-refractivity contribution in [3.05, 3.63) is 29.8 Å². The average molecular weight is 316 g/mol. The molecule has 0 aromatic heterocycles. The quantitative estimate of drug-likeness (QED) is 0.876. The topological polar surface area (TPSA) is 46.2 Å². The van der Waals surface area contributed by atoms with E-state index in [1.807, 2.05) is 23.9 Å². The molecular weight excluding hydrogens is 290 g/mol. The Morgan fingerprint density at radius 1 is 1.20 bits per heavy atom. The molecule has 0 heterocycles. The molecule has 0 saturated carbocycles. The Hall–Kier alpha value is -0.520. The van der Waals surface area contributed by atoms with E-state index >= 15 is 0 Å². The molecule has 1 rings (SSSR count). The molecule has 0 aliphatic rings. The Morgan fingerprint density at radius 3 is 2.20 bits per heavy atom. The normalized spacial score (nSPS) is 14.2. The molecule has 0 spiro atoms. The smallest absolute Gasteiger partial charge is 0.175 e. The van der Waals surface area contributed by atoms with Crippen LogP contribution in [0.2, 0.25) is 0 Å². The SMILES string of the molecule is C[C@@H](CSC(C)(C)C)NCc1ccc(S(C)(=O)=O)cc1. The van der Waals surface area contributed by atoms with Crippen LogP contribution in [0.1, 0.15) is 33.3 Å². The van der Waals surface area contributed by atoms with E-state index in [1.54, 1.807) is 12.1 Å². The Kier molecular flexibility index (Phi) is 6.10. The summed E-state index contributed by atoms with van der Waals surface area (Å²) in [5.74, 6) is 1.06. The van der Waals surface area contributed by atoms with Gasteiger partial charge in [-0.2, -0.15) is 11.8 Å². The highest BCUT2D eigenvalue weighted by atomic mass is 32.2. The highest BCUT2D eigenvalue weighted by molar-refractivity contribution is 8.00. The van der Waals surface area contributed by atoms with Crippen molar-refractivity contribution >= 4 is 21.6 Å². The summed E-state index contributed by atoms with van der Waals surface area (Å²) < 4.78 is 23.0. The highest BCUT2D eigenvalue weighted by Gasteiger charge is 2.12. The lowest BCUT2D eigenvalue weighted by Crippen LogP contribution is -2.29. The molecule has 5 heteroatoms. The first-order valence-electron chi connectivity index (χ1n) is 6.74. The lowest BCUT2D eigenvalue weighted by atomic mass is 10.2. The van der Waals surface area contributed by atoms with Crippen LogP contribution in [0.15, 0.2) is 29.2 Å². The Labute approximate surface area is 127 Å². The van der Waals surface area contributed by atoms with Gasteiger partial charge < -0.3 is 5.32 Å². The minimum atomic E-state index is -3.10. The van der Waals surface area contributed by atoms with E-state index in [9.17, 15) is 8.42 Å². The molecule has 0 amide bonds. The van der Waals surface area contributed by atoms with Crippen LogP contribution in [0.5, 0.6) is 0 Å². The van der Waals surface area contributed by atoms with Crippen LogP contribution in [-0.2, 0) is 16.4 Å². The molecule has 0 unspecified atom stereocenters. The lowest BCUT2D eigenvalue weighted by Gasteiger charge is -2.21. The Balaban J connectivity index is 2.46. The molecule has 0 radical (unpaired) electrons. The third kappa shape index (κ3) is 6.77. The van der Waals surface area contributed by atoms with Crippen LogP contribution in [-0.4, -0.2) is 31.2 Å². The van der Waals surface area contributed by atoms with E-state index in [0.29, 0.717) is 10.9 Å². The van der Waals surface area contributed by atoms with Crippen LogP contribution < -0.4 is 5.32 Å². The summed E-state index contributed by atoms with van der Waals surface area (Å²) in [6.45, 7) is 9.58. The van der Waals surface area contributed by atoms with E-state index in [-0.39, 0.29) is 4.75 Å². The summed E-state index contributed by atoms with van der Waals surface area (Å²) in [7, 11) is -3.10. The Bertz CT molecular complexity index is 516.